The van der Waals surface area contributed by atoms with Gasteiger partial charge in [0.1, 0.15) is 11.6 Å². The summed E-state index contributed by atoms with van der Waals surface area (Å²) in [6.07, 6.45) is 0. The lowest BCUT2D eigenvalue weighted by molar-refractivity contribution is 0.102. The average molecular weight is 420 g/mol. The average Bonchev–Trinajstić information content (AvgIpc) is 3.18. The van der Waals surface area contributed by atoms with E-state index in [0.717, 1.165) is 0 Å². The Hall–Kier alpha value is -4.07. The normalized spacial score (nSPS) is 10.7. The third-order valence-electron chi connectivity index (χ3n) is 4.41. The smallest absolute Gasteiger partial charge is 0.336 e. The summed E-state index contributed by atoms with van der Waals surface area (Å²) in [7, 11) is 0. The zero-order valence-electron chi connectivity index (χ0n) is 16.5. The molecule has 0 spiro atoms. The van der Waals surface area contributed by atoms with Crippen molar-refractivity contribution in [2.24, 2.45) is 0 Å². The number of halogens is 2. The van der Waals surface area contributed by atoms with E-state index < -0.39 is 17.5 Å². The van der Waals surface area contributed by atoms with Crippen LogP contribution in [0.2, 0.25) is 0 Å². The number of anilines is 1. The Bertz CT molecular complexity index is 1240. The molecule has 3 aromatic carbocycles. The minimum Gasteiger partial charge on any atom is -0.463 e. The number of ether oxygens (including phenoxy) is 1. The van der Waals surface area contributed by atoms with Crippen LogP contribution in [0.3, 0.4) is 0 Å². The molecule has 0 bridgehead atoms. The number of amides is 1. The van der Waals surface area contributed by atoms with Gasteiger partial charge in [0.15, 0.2) is 5.82 Å². The van der Waals surface area contributed by atoms with E-state index in [-0.39, 0.29) is 11.6 Å². The molecular formula is C23H18F2N4O2. The zero-order chi connectivity index (χ0) is 21.8. The van der Waals surface area contributed by atoms with Crippen LogP contribution in [0, 0.1) is 11.6 Å². The molecule has 0 saturated heterocycles. The summed E-state index contributed by atoms with van der Waals surface area (Å²) in [4.78, 5) is 16.8. The standard InChI is InChI=1S/C23H18F2N4O2/c1-2-31-23-27-21(15-7-5-8-16(24)13-15)29(28-23)18-10-6-9-17(14-18)26-22(30)19-11-3-4-12-20(19)25/h3-14H,2H2,1H3,(H,26,30). The molecule has 156 valence electrons. The van der Waals surface area contributed by atoms with Gasteiger partial charge in [0, 0.05) is 11.3 Å². The van der Waals surface area contributed by atoms with Gasteiger partial charge >= 0.3 is 6.01 Å². The molecule has 4 aromatic rings. The van der Waals surface area contributed by atoms with Gasteiger partial charge in [0.05, 0.1) is 17.9 Å². The summed E-state index contributed by atoms with van der Waals surface area (Å²) in [6, 6.07) is 18.6. The lowest BCUT2D eigenvalue weighted by Crippen LogP contribution is -2.14. The molecule has 1 heterocycles. The Labute approximate surface area is 177 Å². The molecule has 1 aromatic heterocycles. The molecule has 6 nitrogen and oxygen atoms in total. The summed E-state index contributed by atoms with van der Waals surface area (Å²) in [5.41, 5.74) is 1.44. The highest BCUT2D eigenvalue weighted by Gasteiger charge is 2.16. The Balaban J connectivity index is 1.70. The van der Waals surface area contributed by atoms with Crippen LogP contribution in [0.1, 0.15) is 17.3 Å². The highest BCUT2D eigenvalue weighted by molar-refractivity contribution is 6.04. The summed E-state index contributed by atoms with van der Waals surface area (Å²) < 4.78 is 34.6. The van der Waals surface area contributed by atoms with Gasteiger partial charge in [-0.1, -0.05) is 30.3 Å². The largest absolute Gasteiger partial charge is 0.463 e. The molecule has 0 unspecified atom stereocenters. The summed E-state index contributed by atoms with van der Waals surface area (Å²) >= 11 is 0. The van der Waals surface area contributed by atoms with E-state index in [1.807, 2.05) is 0 Å². The second-order valence-electron chi connectivity index (χ2n) is 6.56. The van der Waals surface area contributed by atoms with Gasteiger partial charge < -0.3 is 10.1 Å². The molecule has 0 aliphatic heterocycles. The van der Waals surface area contributed by atoms with E-state index in [1.165, 1.54) is 35.0 Å². The van der Waals surface area contributed by atoms with Crippen molar-refractivity contribution in [2.45, 2.75) is 6.92 Å². The summed E-state index contributed by atoms with van der Waals surface area (Å²) in [5, 5.41) is 7.03. The van der Waals surface area contributed by atoms with Crippen LogP contribution in [-0.2, 0) is 0 Å². The molecule has 0 aliphatic carbocycles. The summed E-state index contributed by atoms with van der Waals surface area (Å²) in [5.74, 6) is -1.21. The summed E-state index contributed by atoms with van der Waals surface area (Å²) in [6.45, 7) is 2.17. The maximum Gasteiger partial charge on any atom is 0.336 e. The highest BCUT2D eigenvalue weighted by atomic mass is 19.1. The van der Waals surface area contributed by atoms with E-state index in [9.17, 15) is 13.6 Å². The highest BCUT2D eigenvalue weighted by Crippen LogP contribution is 2.25. The molecule has 0 saturated carbocycles. The molecule has 31 heavy (non-hydrogen) atoms. The number of aromatic nitrogens is 3. The third kappa shape index (κ3) is 4.42. The van der Waals surface area contributed by atoms with Gasteiger partial charge in [0.2, 0.25) is 0 Å². The maximum atomic E-state index is 13.9. The number of benzene rings is 3. The van der Waals surface area contributed by atoms with Crippen molar-refractivity contribution in [1.82, 2.24) is 14.8 Å². The number of nitrogens with zero attached hydrogens (tertiary/aromatic N) is 3. The van der Waals surface area contributed by atoms with Gasteiger partial charge in [-0.25, -0.2) is 13.5 Å². The number of carbonyl (C=O) groups is 1. The van der Waals surface area contributed by atoms with Crippen molar-refractivity contribution in [3.05, 3.63) is 90.0 Å². The molecule has 1 amide bonds. The topological polar surface area (TPSA) is 69.0 Å². The molecule has 0 aliphatic rings. The monoisotopic (exact) mass is 420 g/mol. The van der Waals surface area contributed by atoms with Gasteiger partial charge in [-0.05, 0) is 49.4 Å². The maximum absolute atomic E-state index is 13.9. The lowest BCUT2D eigenvalue weighted by atomic mass is 10.2. The predicted octanol–water partition coefficient (Wildman–Crippen LogP) is 4.86. The molecule has 0 radical (unpaired) electrons. The minimum absolute atomic E-state index is 0.0623. The SMILES string of the molecule is CCOc1nc(-c2cccc(F)c2)n(-c2cccc(NC(=O)c3ccccc3F)c2)n1. The van der Waals surface area contributed by atoms with Crippen LogP contribution >= 0.6 is 0 Å². The number of nitrogens with one attached hydrogen (secondary N) is 1. The molecule has 4 rings (SSSR count). The predicted molar refractivity (Wildman–Crippen MR) is 112 cm³/mol. The number of carbonyl (C=O) groups excluding carboxylic acids is 1. The first kappa shape index (κ1) is 20.2. The third-order valence-corrected chi connectivity index (χ3v) is 4.41. The first-order valence-electron chi connectivity index (χ1n) is 9.57. The van der Waals surface area contributed by atoms with E-state index in [2.05, 4.69) is 15.4 Å². The molecule has 1 N–H and O–H groups in total. The van der Waals surface area contributed by atoms with Crippen molar-refractivity contribution >= 4 is 11.6 Å². The first-order valence-corrected chi connectivity index (χ1v) is 9.57. The van der Waals surface area contributed by atoms with E-state index in [1.54, 1.807) is 49.4 Å². The Morgan fingerprint density at radius 1 is 1.03 bits per heavy atom. The van der Waals surface area contributed by atoms with Gasteiger partial charge in [-0.2, -0.15) is 4.98 Å². The van der Waals surface area contributed by atoms with E-state index in [4.69, 9.17) is 4.74 Å². The van der Waals surface area contributed by atoms with Crippen molar-refractivity contribution in [3.8, 4) is 23.1 Å². The van der Waals surface area contributed by atoms with Crippen LogP contribution in [-0.4, -0.2) is 27.3 Å². The Morgan fingerprint density at radius 3 is 2.61 bits per heavy atom. The molecule has 0 fully saturated rings. The minimum atomic E-state index is -0.609. The molecular weight excluding hydrogens is 402 g/mol. The molecule has 8 heteroatoms. The number of rotatable bonds is 6. The van der Waals surface area contributed by atoms with Gasteiger partial charge in [-0.15, -0.1) is 5.10 Å². The fourth-order valence-electron chi connectivity index (χ4n) is 3.04. The van der Waals surface area contributed by atoms with E-state index in [0.29, 0.717) is 29.4 Å². The lowest BCUT2D eigenvalue weighted by Gasteiger charge is -2.10. The van der Waals surface area contributed by atoms with Crippen LogP contribution in [0.25, 0.3) is 17.1 Å². The molecule has 0 atom stereocenters. The fraction of sp³-hybridized carbons (Fsp3) is 0.0870. The Kier molecular flexibility index (Phi) is 5.70. The van der Waals surface area contributed by atoms with Crippen LogP contribution in [0.15, 0.2) is 72.8 Å². The Morgan fingerprint density at radius 2 is 1.84 bits per heavy atom. The van der Waals surface area contributed by atoms with Gasteiger partial charge in [-0.3, -0.25) is 4.79 Å². The number of hydrogen-bond acceptors (Lipinski definition) is 4. The van der Waals surface area contributed by atoms with Crippen molar-refractivity contribution in [2.75, 3.05) is 11.9 Å². The van der Waals surface area contributed by atoms with Crippen molar-refractivity contribution < 1.29 is 18.3 Å². The second-order valence-corrected chi connectivity index (χ2v) is 6.56. The van der Waals surface area contributed by atoms with Crippen LogP contribution < -0.4 is 10.1 Å². The number of hydrogen-bond donors (Lipinski definition) is 1. The first-order chi connectivity index (χ1) is 15.0. The van der Waals surface area contributed by atoms with Crippen molar-refractivity contribution in [1.29, 1.82) is 0 Å². The van der Waals surface area contributed by atoms with Crippen molar-refractivity contribution in [3.63, 3.8) is 0 Å². The quantitative estimate of drug-likeness (QED) is 0.484. The van der Waals surface area contributed by atoms with Gasteiger partial charge in [0.25, 0.3) is 5.91 Å². The van der Waals surface area contributed by atoms with Crippen LogP contribution in [0.5, 0.6) is 6.01 Å². The fourth-order valence-corrected chi connectivity index (χ4v) is 3.04. The van der Waals surface area contributed by atoms with E-state index >= 15 is 0 Å². The zero-order valence-corrected chi connectivity index (χ0v) is 16.5. The van der Waals surface area contributed by atoms with Crippen LogP contribution in [0.4, 0.5) is 14.5 Å². The second kappa shape index (κ2) is 8.74.